The molecule has 3 heterocycles. The number of piperazine rings is 2. The summed E-state index contributed by atoms with van der Waals surface area (Å²) in [5.41, 5.74) is 6.25. The topological polar surface area (TPSA) is 98.3 Å². The van der Waals surface area contributed by atoms with Crippen LogP contribution in [0.4, 0.5) is 25.8 Å². The predicted molar refractivity (Wildman–Crippen MR) is 156 cm³/mol. The van der Waals surface area contributed by atoms with Gasteiger partial charge in [0.25, 0.3) is 0 Å². The van der Waals surface area contributed by atoms with Crippen LogP contribution < -0.4 is 21.0 Å². The molecule has 2 aliphatic heterocycles. The van der Waals surface area contributed by atoms with Crippen LogP contribution in [0.5, 0.6) is 0 Å². The fourth-order valence-corrected chi connectivity index (χ4v) is 6.76. The van der Waals surface area contributed by atoms with Gasteiger partial charge in [0.15, 0.2) is 11.6 Å². The Morgan fingerprint density at radius 2 is 1.61 bits per heavy atom. The van der Waals surface area contributed by atoms with E-state index in [4.69, 9.17) is 5.73 Å². The van der Waals surface area contributed by atoms with Crippen LogP contribution in [0.2, 0.25) is 0 Å². The Hall–Kier alpha value is -3.70. The number of nitrogens with zero attached hydrogens (tertiary/aromatic N) is 5. The summed E-state index contributed by atoms with van der Waals surface area (Å²) >= 11 is 0. The van der Waals surface area contributed by atoms with Gasteiger partial charge in [-0.3, -0.25) is 4.79 Å². The molecule has 2 aromatic carbocycles. The van der Waals surface area contributed by atoms with E-state index in [2.05, 4.69) is 53.9 Å². The van der Waals surface area contributed by atoms with Gasteiger partial charge in [-0.2, -0.15) is 0 Å². The fourth-order valence-electron chi connectivity index (χ4n) is 6.76. The first-order valence-corrected chi connectivity index (χ1v) is 14.3. The number of hydrazine groups is 1. The van der Waals surface area contributed by atoms with Gasteiger partial charge in [0.1, 0.15) is 11.3 Å². The van der Waals surface area contributed by atoms with Gasteiger partial charge >= 0.3 is 5.97 Å². The smallest absolute Gasteiger partial charge is 0.341 e. The third-order valence-corrected chi connectivity index (χ3v) is 8.76. The lowest BCUT2D eigenvalue weighted by molar-refractivity contribution is -0.0945. The third-order valence-electron chi connectivity index (χ3n) is 8.76. The minimum absolute atomic E-state index is 0.0421. The van der Waals surface area contributed by atoms with Crippen molar-refractivity contribution in [3.05, 3.63) is 63.4 Å². The van der Waals surface area contributed by atoms with Crippen molar-refractivity contribution >= 4 is 33.9 Å². The molecule has 1 saturated carbocycles. The minimum Gasteiger partial charge on any atom is -0.477 e. The molecule has 0 bridgehead atoms. The van der Waals surface area contributed by atoms with Crippen LogP contribution in [0.25, 0.3) is 10.9 Å². The third kappa shape index (κ3) is 4.61. The highest BCUT2D eigenvalue weighted by Crippen LogP contribution is 2.42. The first kappa shape index (κ1) is 27.5. The van der Waals surface area contributed by atoms with E-state index >= 15 is 8.78 Å². The second-order valence-electron chi connectivity index (χ2n) is 11.6. The Bertz CT molecular complexity index is 1570. The van der Waals surface area contributed by atoms with Gasteiger partial charge in [-0.25, -0.2) is 23.6 Å². The van der Waals surface area contributed by atoms with E-state index in [1.54, 1.807) is 4.90 Å². The number of halogens is 2. The summed E-state index contributed by atoms with van der Waals surface area (Å²) in [6, 6.07) is 8.14. The fraction of sp³-hybridized carbons (Fsp3) is 0.467. The number of rotatable bonds is 5. The van der Waals surface area contributed by atoms with Crippen LogP contribution in [0.3, 0.4) is 0 Å². The number of carboxylic acids is 1. The molecule has 41 heavy (non-hydrogen) atoms. The van der Waals surface area contributed by atoms with Crippen LogP contribution in [-0.2, 0) is 0 Å². The van der Waals surface area contributed by atoms with Gasteiger partial charge in [-0.05, 0) is 45.2 Å². The van der Waals surface area contributed by atoms with Gasteiger partial charge < -0.3 is 25.2 Å². The summed E-state index contributed by atoms with van der Waals surface area (Å²) in [6.45, 7) is 10.4. The lowest BCUT2D eigenvalue weighted by Crippen LogP contribution is -2.65. The van der Waals surface area contributed by atoms with E-state index in [1.807, 2.05) is 6.07 Å². The zero-order valence-corrected chi connectivity index (χ0v) is 23.6. The number of pyridine rings is 1. The van der Waals surface area contributed by atoms with Crippen LogP contribution in [0.1, 0.15) is 48.7 Å². The Kier molecular flexibility index (Phi) is 6.89. The summed E-state index contributed by atoms with van der Waals surface area (Å²) in [5.74, 6) is -3.34. The molecule has 3 N–H and O–H groups in total. The van der Waals surface area contributed by atoms with E-state index < -0.39 is 39.7 Å². The van der Waals surface area contributed by atoms with Crippen LogP contribution in [-0.4, -0.2) is 77.0 Å². The van der Waals surface area contributed by atoms with Crippen molar-refractivity contribution in [2.45, 2.75) is 51.7 Å². The maximum absolute atomic E-state index is 16.3. The number of carbonyl (C=O) groups is 1. The summed E-state index contributed by atoms with van der Waals surface area (Å²) < 4.78 is 33.6. The minimum atomic E-state index is -1.45. The number of nitrogens with two attached hydrogens (primary N) is 1. The Morgan fingerprint density at radius 1 is 0.976 bits per heavy atom. The Labute approximate surface area is 237 Å². The largest absolute Gasteiger partial charge is 0.477 e. The molecule has 218 valence electrons. The first-order valence-electron chi connectivity index (χ1n) is 14.3. The quantitative estimate of drug-likeness (QED) is 0.450. The molecule has 9 nitrogen and oxygen atoms in total. The molecule has 3 fully saturated rings. The molecule has 2 unspecified atom stereocenters. The van der Waals surface area contributed by atoms with Gasteiger partial charge in [-0.15, -0.1) is 0 Å². The molecule has 2 atom stereocenters. The summed E-state index contributed by atoms with van der Waals surface area (Å²) in [7, 11) is 0. The molecular weight excluding hydrogens is 530 g/mol. The highest BCUT2D eigenvalue weighted by atomic mass is 19.1. The van der Waals surface area contributed by atoms with E-state index in [0.717, 1.165) is 26.2 Å². The number of anilines is 3. The van der Waals surface area contributed by atoms with E-state index in [-0.39, 0.29) is 29.3 Å². The van der Waals surface area contributed by atoms with Crippen molar-refractivity contribution in [1.29, 1.82) is 0 Å². The summed E-state index contributed by atoms with van der Waals surface area (Å²) in [6.07, 6.45) is 2.61. The van der Waals surface area contributed by atoms with E-state index in [0.29, 0.717) is 25.9 Å². The molecule has 11 heteroatoms. The number of carboxylic acid groups (broad SMARTS) is 1. The van der Waals surface area contributed by atoms with Crippen molar-refractivity contribution < 1.29 is 18.7 Å². The molecule has 0 spiro atoms. The Morgan fingerprint density at radius 3 is 2.20 bits per heavy atom. The van der Waals surface area contributed by atoms with Crippen molar-refractivity contribution in [2.75, 3.05) is 54.8 Å². The normalized spacial score (nSPS) is 22.5. The second kappa shape index (κ2) is 10.3. The van der Waals surface area contributed by atoms with Crippen molar-refractivity contribution in [3.8, 4) is 0 Å². The second-order valence-corrected chi connectivity index (χ2v) is 11.6. The van der Waals surface area contributed by atoms with Crippen molar-refractivity contribution in [2.24, 2.45) is 0 Å². The Balaban J connectivity index is 1.29. The molecule has 3 aromatic rings. The summed E-state index contributed by atoms with van der Waals surface area (Å²) in [4.78, 5) is 28.8. The first-order chi connectivity index (χ1) is 19.6. The number of nitrogen functional groups attached to an aromatic ring is 1. The molecular formula is C30H36F2N6O3. The predicted octanol–water partition coefficient (Wildman–Crippen LogP) is 3.84. The lowest BCUT2D eigenvalue weighted by Gasteiger charge is -2.52. The summed E-state index contributed by atoms with van der Waals surface area (Å²) in [5, 5.41) is 13.8. The zero-order valence-electron chi connectivity index (χ0n) is 23.6. The lowest BCUT2D eigenvalue weighted by atomic mass is 10.0. The zero-order chi connectivity index (χ0) is 29.2. The average molecular weight is 567 g/mol. The number of aromatic carboxylic acids is 1. The van der Waals surface area contributed by atoms with Crippen molar-refractivity contribution in [1.82, 2.24) is 14.6 Å². The standard InChI is InChI=1S/C30H36F2N6O3/c1-17-6-4-5-7-22(17)34-10-12-36(13-11-34)38-18(2)14-35(15-19(38)3)28-24(31)26(33)23-27(25(28)32)37(20-8-9-20)16-21(29(23)39)30(40)41/h4-7,16,18-20H,8-15,33H2,1-3H3,(H,40,41). The molecule has 1 aromatic heterocycles. The number of aryl methyl sites for hydroxylation is 1. The van der Waals surface area contributed by atoms with Gasteiger partial charge in [0, 0.05) is 69.3 Å². The van der Waals surface area contributed by atoms with Gasteiger partial charge in [-0.1, -0.05) is 18.2 Å². The van der Waals surface area contributed by atoms with Gasteiger partial charge in [0.2, 0.25) is 5.43 Å². The number of para-hydroxylation sites is 1. The number of benzene rings is 2. The number of aromatic nitrogens is 1. The highest BCUT2D eigenvalue weighted by Gasteiger charge is 2.39. The monoisotopic (exact) mass is 566 g/mol. The maximum atomic E-state index is 16.3. The molecule has 6 rings (SSSR count). The molecule has 3 aliphatic rings. The molecule has 2 saturated heterocycles. The van der Waals surface area contributed by atoms with Crippen LogP contribution >= 0.6 is 0 Å². The van der Waals surface area contributed by atoms with Gasteiger partial charge in [0.05, 0.1) is 16.6 Å². The number of hydrogen-bond donors (Lipinski definition) is 2. The molecule has 0 amide bonds. The highest BCUT2D eigenvalue weighted by molar-refractivity contribution is 5.99. The van der Waals surface area contributed by atoms with Crippen LogP contribution in [0.15, 0.2) is 35.3 Å². The number of hydrogen-bond acceptors (Lipinski definition) is 7. The SMILES string of the molecule is Cc1ccccc1N1CCN(N2C(C)CN(c3c(F)c(N)c4c(=O)c(C(=O)O)cn(C5CC5)c4c3F)CC2C)CC1. The van der Waals surface area contributed by atoms with Crippen molar-refractivity contribution in [3.63, 3.8) is 0 Å². The maximum Gasteiger partial charge on any atom is 0.341 e. The van der Waals surface area contributed by atoms with Crippen LogP contribution in [0, 0.1) is 18.6 Å². The molecule has 0 radical (unpaired) electrons. The number of fused-ring (bicyclic) bond motifs is 1. The van der Waals surface area contributed by atoms with E-state index in [9.17, 15) is 14.7 Å². The van der Waals surface area contributed by atoms with E-state index in [1.165, 1.54) is 22.0 Å². The molecule has 1 aliphatic carbocycles. The average Bonchev–Trinajstić information content (AvgIpc) is 3.77.